The minimum absolute atomic E-state index is 0.601. The van der Waals surface area contributed by atoms with Gasteiger partial charge in [0, 0.05) is 27.5 Å². The Morgan fingerprint density at radius 1 is 0.314 bits per heavy atom. The number of rotatable bonds is 5. The van der Waals surface area contributed by atoms with Gasteiger partial charge in [-0.15, -0.1) is 0 Å². The van der Waals surface area contributed by atoms with Gasteiger partial charge in [-0.05, 0) is 74.1 Å². The molecule has 0 aliphatic rings. The van der Waals surface area contributed by atoms with Crippen LogP contribution in [0.2, 0.25) is 0 Å². The molecular weight excluding hydrogens is 623 g/mol. The quantitative estimate of drug-likeness (QED) is 0.186. The van der Waals surface area contributed by atoms with Crippen LogP contribution in [0.5, 0.6) is 0 Å². The van der Waals surface area contributed by atoms with Crippen LogP contribution < -0.4 is 0 Å². The highest BCUT2D eigenvalue weighted by Gasteiger charge is 2.19. The molecule has 4 heteroatoms. The zero-order chi connectivity index (χ0) is 33.7. The first-order valence-corrected chi connectivity index (χ1v) is 17.1. The van der Waals surface area contributed by atoms with Crippen LogP contribution in [-0.2, 0) is 0 Å². The average molecular weight is 652 g/mol. The lowest BCUT2D eigenvalue weighted by atomic mass is 9.96. The molecule has 0 unspecified atom stereocenters. The minimum atomic E-state index is 0.601. The van der Waals surface area contributed by atoms with E-state index in [0.717, 1.165) is 65.9 Å². The molecule has 0 radical (unpaired) electrons. The van der Waals surface area contributed by atoms with Gasteiger partial charge in [0.05, 0.1) is 0 Å². The smallest absolute Gasteiger partial charge is 0.164 e. The van der Waals surface area contributed by atoms with Crippen molar-refractivity contribution in [3.63, 3.8) is 0 Å². The molecule has 0 spiro atoms. The molecule has 2 heterocycles. The second-order valence-electron chi connectivity index (χ2n) is 12.8. The number of furan rings is 1. The summed E-state index contributed by atoms with van der Waals surface area (Å²) in [4.78, 5) is 15.2. The summed E-state index contributed by atoms with van der Waals surface area (Å²) in [6.07, 6.45) is 0. The standard InChI is InChI=1S/C47H29N3O/c1-3-12-30(13-4-1)34-18-11-19-35(26-34)36-24-25-40-42(28-36)51-43-29-41(38-20-9-10-21-39(38)44(40)43)47-49-45(32-15-5-2-6-16-32)48-46(50-47)37-23-22-31-14-7-8-17-33(31)27-37/h1-29H. The molecule has 51 heavy (non-hydrogen) atoms. The average Bonchev–Trinajstić information content (AvgIpc) is 3.59. The summed E-state index contributed by atoms with van der Waals surface area (Å²) < 4.78 is 6.71. The van der Waals surface area contributed by atoms with Crippen LogP contribution >= 0.6 is 0 Å². The molecule has 0 atom stereocenters. The van der Waals surface area contributed by atoms with Crippen molar-refractivity contribution in [2.45, 2.75) is 0 Å². The third-order valence-electron chi connectivity index (χ3n) is 9.70. The molecule has 8 aromatic carbocycles. The highest BCUT2D eigenvalue weighted by atomic mass is 16.3. The van der Waals surface area contributed by atoms with Gasteiger partial charge in [-0.25, -0.2) is 15.0 Å². The fourth-order valence-corrected chi connectivity index (χ4v) is 7.18. The van der Waals surface area contributed by atoms with E-state index in [9.17, 15) is 0 Å². The van der Waals surface area contributed by atoms with E-state index in [1.165, 1.54) is 16.5 Å². The molecule has 2 aromatic heterocycles. The zero-order valence-electron chi connectivity index (χ0n) is 27.5. The van der Waals surface area contributed by atoms with Gasteiger partial charge in [-0.2, -0.15) is 0 Å². The maximum absolute atomic E-state index is 6.71. The molecule has 0 bridgehead atoms. The molecule has 0 amide bonds. The second kappa shape index (κ2) is 11.9. The van der Waals surface area contributed by atoms with Crippen LogP contribution in [0, 0.1) is 0 Å². The van der Waals surface area contributed by atoms with E-state index >= 15 is 0 Å². The highest BCUT2D eigenvalue weighted by Crippen LogP contribution is 2.41. The Morgan fingerprint density at radius 3 is 1.71 bits per heavy atom. The second-order valence-corrected chi connectivity index (χ2v) is 12.8. The van der Waals surface area contributed by atoms with Gasteiger partial charge in [0.1, 0.15) is 11.2 Å². The van der Waals surface area contributed by atoms with Crippen molar-refractivity contribution in [1.82, 2.24) is 15.0 Å². The molecule has 238 valence electrons. The molecule has 0 aliphatic heterocycles. The summed E-state index contributed by atoms with van der Waals surface area (Å²) in [5.74, 6) is 1.85. The zero-order valence-corrected chi connectivity index (χ0v) is 27.5. The van der Waals surface area contributed by atoms with Crippen molar-refractivity contribution >= 4 is 43.5 Å². The fourth-order valence-electron chi connectivity index (χ4n) is 7.18. The summed E-state index contributed by atoms with van der Waals surface area (Å²) in [6, 6.07) is 61.1. The molecule has 0 aliphatic carbocycles. The van der Waals surface area contributed by atoms with E-state index in [-0.39, 0.29) is 0 Å². The number of aromatic nitrogens is 3. The van der Waals surface area contributed by atoms with Gasteiger partial charge < -0.3 is 4.42 Å². The molecular formula is C47H29N3O. The molecule has 0 fully saturated rings. The van der Waals surface area contributed by atoms with Crippen molar-refractivity contribution in [3.8, 4) is 56.4 Å². The molecule has 10 aromatic rings. The van der Waals surface area contributed by atoms with Crippen LogP contribution in [0.4, 0.5) is 0 Å². The Morgan fingerprint density at radius 2 is 0.902 bits per heavy atom. The van der Waals surface area contributed by atoms with Crippen molar-refractivity contribution in [3.05, 3.63) is 176 Å². The number of fused-ring (bicyclic) bond motifs is 6. The maximum Gasteiger partial charge on any atom is 0.164 e. The predicted molar refractivity (Wildman–Crippen MR) is 209 cm³/mol. The number of hydrogen-bond donors (Lipinski definition) is 0. The first-order valence-electron chi connectivity index (χ1n) is 17.1. The minimum Gasteiger partial charge on any atom is -0.456 e. The van der Waals surface area contributed by atoms with E-state index in [2.05, 4.69) is 140 Å². The van der Waals surface area contributed by atoms with Crippen molar-refractivity contribution < 1.29 is 4.42 Å². The van der Waals surface area contributed by atoms with E-state index in [0.29, 0.717) is 17.5 Å². The van der Waals surface area contributed by atoms with Crippen LogP contribution in [0.15, 0.2) is 180 Å². The van der Waals surface area contributed by atoms with Crippen LogP contribution in [0.25, 0.3) is 99.9 Å². The Balaban J connectivity index is 1.16. The summed E-state index contributed by atoms with van der Waals surface area (Å²) in [7, 11) is 0. The third-order valence-corrected chi connectivity index (χ3v) is 9.70. The van der Waals surface area contributed by atoms with Crippen LogP contribution in [-0.4, -0.2) is 15.0 Å². The van der Waals surface area contributed by atoms with E-state index < -0.39 is 0 Å². The topological polar surface area (TPSA) is 51.8 Å². The van der Waals surface area contributed by atoms with E-state index in [1.807, 2.05) is 36.4 Å². The Hall–Kier alpha value is -6.91. The van der Waals surface area contributed by atoms with Gasteiger partial charge >= 0.3 is 0 Å². The Bertz CT molecular complexity index is 2910. The Kier molecular flexibility index (Phi) is 6.78. The van der Waals surface area contributed by atoms with Gasteiger partial charge in [-0.1, -0.05) is 146 Å². The van der Waals surface area contributed by atoms with Crippen LogP contribution in [0.1, 0.15) is 0 Å². The first kappa shape index (κ1) is 29.0. The lowest BCUT2D eigenvalue weighted by Gasteiger charge is -2.11. The van der Waals surface area contributed by atoms with Gasteiger partial charge in [0.2, 0.25) is 0 Å². The molecule has 0 saturated carbocycles. The van der Waals surface area contributed by atoms with Gasteiger partial charge in [0.15, 0.2) is 17.5 Å². The molecule has 10 rings (SSSR count). The van der Waals surface area contributed by atoms with E-state index in [4.69, 9.17) is 19.4 Å². The maximum atomic E-state index is 6.71. The largest absolute Gasteiger partial charge is 0.456 e. The van der Waals surface area contributed by atoms with E-state index in [1.54, 1.807) is 0 Å². The summed E-state index contributed by atoms with van der Waals surface area (Å²) >= 11 is 0. The molecule has 0 saturated heterocycles. The third kappa shape index (κ3) is 5.13. The summed E-state index contributed by atoms with van der Waals surface area (Å²) in [5.41, 5.74) is 9.03. The normalized spacial score (nSPS) is 11.5. The highest BCUT2D eigenvalue weighted by molar-refractivity contribution is 6.22. The lowest BCUT2D eigenvalue weighted by Crippen LogP contribution is -2.00. The summed E-state index contributed by atoms with van der Waals surface area (Å²) in [6.45, 7) is 0. The lowest BCUT2D eigenvalue weighted by molar-refractivity contribution is 0.669. The monoisotopic (exact) mass is 651 g/mol. The number of benzene rings is 8. The van der Waals surface area contributed by atoms with Crippen molar-refractivity contribution in [2.75, 3.05) is 0 Å². The molecule has 0 N–H and O–H groups in total. The van der Waals surface area contributed by atoms with Gasteiger partial charge in [-0.3, -0.25) is 0 Å². The number of hydrogen-bond acceptors (Lipinski definition) is 4. The predicted octanol–water partition coefficient (Wildman–Crippen LogP) is 12.4. The summed E-state index contributed by atoms with van der Waals surface area (Å²) in [5, 5.41) is 6.62. The Labute approximate surface area is 294 Å². The van der Waals surface area contributed by atoms with Crippen molar-refractivity contribution in [1.29, 1.82) is 0 Å². The van der Waals surface area contributed by atoms with Crippen molar-refractivity contribution in [2.24, 2.45) is 0 Å². The first-order chi connectivity index (χ1) is 25.2. The van der Waals surface area contributed by atoms with Crippen LogP contribution in [0.3, 0.4) is 0 Å². The SMILES string of the molecule is c1ccc(-c2cccc(-c3ccc4c(c3)oc3cc(-c5nc(-c6ccccc6)nc(-c6ccc7ccccc7c6)n5)c5ccccc5c34)c2)cc1. The van der Waals surface area contributed by atoms with Gasteiger partial charge in [0.25, 0.3) is 0 Å². The molecule has 4 nitrogen and oxygen atoms in total. The fraction of sp³-hybridized carbons (Fsp3) is 0. The number of nitrogens with zero attached hydrogens (tertiary/aromatic N) is 3.